The van der Waals surface area contributed by atoms with E-state index >= 15 is 0 Å². The smallest absolute Gasteiger partial charge is 0.203 e. The number of nitrogens with zero attached hydrogens (tertiary/aromatic N) is 1. The molecule has 1 aliphatic heterocycles. The SMILES string of the molecule is Cc1cc(C)c(Nc2ccc3c(-c4ccccc4S(=O)(=O)[O-])c4ccc(=[N+](CCO)CCO)cc-4oc3c2)c(C)c1. The Balaban J connectivity index is 1.81. The van der Waals surface area contributed by atoms with Gasteiger partial charge in [-0.15, -0.1) is 0 Å². The molecular formula is C32H32N2O6S. The highest BCUT2D eigenvalue weighted by Gasteiger charge is 2.22. The predicted octanol–water partition coefficient (Wildman–Crippen LogP) is 4.53. The molecule has 5 rings (SSSR count). The van der Waals surface area contributed by atoms with E-state index in [1.807, 2.05) is 48.8 Å². The summed E-state index contributed by atoms with van der Waals surface area (Å²) in [5.41, 5.74) is 7.12. The fourth-order valence-corrected chi connectivity index (χ4v) is 6.15. The van der Waals surface area contributed by atoms with Crippen LogP contribution in [0.4, 0.5) is 11.4 Å². The van der Waals surface area contributed by atoms with Gasteiger partial charge in [0.05, 0.1) is 11.0 Å². The molecule has 0 unspecified atom stereocenters. The van der Waals surface area contributed by atoms with Crippen LogP contribution in [0.5, 0.6) is 0 Å². The number of benzene rings is 4. The van der Waals surface area contributed by atoms with Crippen molar-refractivity contribution in [2.24, 2.45) is 0 Å². The summed E-state index contributed by atoms with van der Waals surface area (Å²) in [5.74, 6) is 0.462. The molecule has 0 bridgehead atoms. The Hall–Kier alpha value is -4.02. The minimum atomic E-state index is -4.77. The first kappa shape index (κ1) is 28.5. The van der Waals surface area contributed by atoms with Crippen molar-refractivity contribution >= 4 is 32.5 Å². The lowest BCUT2D eigenvalue weighted by Gasteiger charge is -2.20. The van der Waals surface area contributed by atoms with Crippen LogP contribution in [0.3, 0.4) is 0 Å². The molecule has 3 aromatic carbocycles. The van der Waals surface area contributed by atoms with Gasteiger partial charge in [-0.3, -0.25) is 0 Å². The molecule has 0 aromatic heterocycles. The van der Waals surface area contributed by atoms with Crippen LogP contribution in [-0.4, -0.2) is 49.5 Å². The maximum absolute atomic E-state index is 12.3. The highest BCUT2D eigenvalue weighted by molar-refractivity contribution is 7.85. The van der Waals surface area contributed by atoms with Crippen LogP contribution in [0, 0.1) is 20.8 Å². The third kappa shape index (κ3) is 5.75. The van der Waals surface area contributed by atoms with E-state index in [9.17, 15) is 23.2 Å². The van der Waals surface area contributed by atoms with Gasteiger partial charge < -0.3 is 24.5 Å². The summed E-state index contributed by atoms with van der Waals surface area (Å²) < 4.78 is 45.1. The third-order valence-corrected chi connectivity index (χ3v) is 8.08. The standard InChI is InChI=1S/C32H32N2O6S/c1-20-16-21(2)32(22(3)17-20)33-23-8-10-25-28(18-23)40-29-19-24(34(12-14-35)13-15-36)9-11-26(29)31(25)27-6-4-5-7-30(27)41(37,38)39/h4-11,16-19,35-36H,12-15H2,1-3H3,(H,37,38,39). The van der Waals surface area contributed by atoms with E-state index in [1.54, 1.807) is 18.2 Å². The molecule has 0 radical (unpaired) electrons. The van der Waals surface area contributed by atoms with Gasteiger partial charge in [-0.2, -0.15) is 0 Å². The fraction of sp³-hybridized carbons (Fsp3) is 0.219. The van der Waals surface area contributed by atoms with E-state index in [-0.39, 0.29) is 23.7 Å². The summed E-state index contributed by atoms with van der Waals surface area (Å²) in [4.78, 5) is -0.312. The molecule has 0 saturated carbocycles. The molecule has 0 spiro atoms. The van der Waals surface area contributed by atoms with Crippen LogP contribution in [0.2, 0.25) is 0 Å². The third-order valence-electron chi connectivity index (χ3n) is 7.18. The molecule has 3 N–H and O–H groups in total. The lowest BCUT2D eigenvalue weighted by atomic mass is 9.93. The molecule has 0 atom stereocenters. The normalized spacial score (nSPS) is 11.8. The first-order chi connectivity index (χ1) is 19.6. The number of hydrogen-bond acceptors (Lipinski definition) is 7. The van der Waals surface area contributed by atoms with Crippen LogP contribution >= 0.6 is 0 Å². The van der Waals surface area contributed by atoms with Gasteiger partial charge in [0.15, 0.2) is 13.1 Å². The second-order valence-electron chi connectivity index (χ2n) is 10.2. The Morgan fingerprint density at radius 1 is 0.854 bits per heavy atom. The van der Waals surface area contributed by atoms with Crippen LogP contribution in [0.25, 0.3) is 33.4 Å². The zero-order valence-electron chi connectivity index (χ0n) is 23.1. The molecule has 3 aromatic rings. The largest absolute Gasteiger partial charge is 0.744 e. The lowest BCUT2D eigenvalue weighted by Crippen LogP contribution is -2.34. The average Bonchev–Trinajstić information content (AvgIpc) is 2.92. The fourth-order valence-electron chi connectivity index (χ4n) is 5.47. The minimum Gasteiger partial charge on any atom is -0.744 e. The molecule has 0 saturated heterocycles. The second kappa shape index (κ2) is 11.5. The van der Waals surface area contributed by atoms with Crippen LogP contribution in [0.15, 0.2) is 82.1 Å². The lowest BCUT2D eigenvalue weighted by molar-refractivity contribution is 0.250. The van der Waals surface area contributed by atoms with Crippen molar-refractivity contribution in [1.29, 1.82) is 0 Å². The van der Waals surface area contributed by atoms with Gasteiger partial charge in [0, 0.05) is 45.6 Å². The first-order valence-electron chi connectivity index (χ1n) is 13.3. The molecule has 2 aliphatic rings. The van der Waals surface area contributed by atoms with Gasteiger partial charge in [0.25, 0.3) is 0 Å². The Kier molecular flexibility index (Phi) is 7.97. The number of aliphatic hydroxyl groups excluding tert-OH is 2. The molecule has 1 heterocycles. The van der Waals surface area contributed by atoms with Gasteiger partial charge in [-0.1, -0.05) is 35.9 Å². The van der Waals surface area contributed by atoms with Gasteiger partial charge in [-0.25, -0.2) is 13.0 Å². The van der Waals surface area contributed by atoms with Crippen LogP contribution in [0.1, 0.15) is 16.7 Å². The molecule has 9 heteroatoms. The van der Waals surface area contributed by atoms with Crippen molar-refractivity contribution in [3.8, 4) is 22.5 Å². The quantitative estimate of drug-likeness (QED) is 0.142. The topological polar surface area (TPSA) is 126 Å². The zero-order chi connectivity index (χ0) is 29.3. The monoisotopic (exact) mass is 572 g/mol. The Morgan fingerprint density at radius 2 is 1.54 bits per heavy atom. The Labute approximate surface area is 238 Å². The first-order valence-corrected chi connectivity index (χ1v) is 14.7. The van der Waals surface area contributed by atoms with E-state index in [4.69, 9.17) is 4.42 Å². The van der Waals surface area contributed by atoms with Gasteiger partial charge >= 0.3 is 0 Å². The number of anilines is 2. The molecule has 8 nitrogen and oxygen atoms in total. The van der Waals surface area contributed by atoms with Crippen molar-refractivity contribution in [3.63, 3.8) is 0 Å². The van der Waals surface area contributed by atoms with Crippen molar-refractivity contribution in [2.75, 3.05) is 31.6 Å². The van der Waals surface area contributed by atoms with Crippen molar-refractivity contribution in [3.05, 3.63) is 94.8 Å². The summed E-state index contributed by atoms with van der Waals surface area (Å²) in [6.45, 7) is 6.58. The van der Waals surface area contributed by atoms with E-state index in [1.165, 1.54) is 17.7 Å². The van der Waals surface area contributed by atoms with E-state index in [2.05, 4.69) is 24.4 Å². The molecule has 0 fully saturated rings. The summed E-state index contributed by atoms with van der Waals surface area (Å²) >= 11 is 0. The van der Waals surface area contributed by atoms with Gasteiger partial charge in [-0.05, 0) is 56.2 Å². The van der Waals surface area contributed by atoms with Crippen molar-refractivity contribution in [2.45, 2.75) is 25.7 Å². The van der Waals surface area contributed by atoms with E-state index < -0.39 is 10.1 Å². The van der Waals surface area contributed by atoms with Crippen LogP contribution < -0.4 is 15.2 Å². The summed E-state index contributed by atoms with van der Waals surface area (Å²) in [6.07, 6.45) is 0. The minimum absolute atomic E-state index is 0.0975. The van der Waals surface area contributed by atoms with E-state index in [0.29, 0.717) is 40.9 Å². The number of aryl methyl sites for hydroxylation is 3. The molecule has 212 valence electrons. The number of nitrogens with one attached hydrogen (secondary N) is 1. The Morgan fingerprint density at radius 3 is 2.20 bits per heavy atom. The van der Waals surface area contributed by atoms with Gasteiger partial charge in [0.2, 0.25) is 5.36 Å². The highest BCUT2D eigenvalue weighted by Crippen LogP contribution is 2.43. The van der Waals surface area contributed by atoms with Crippen molar-refractivity contribution < 1.29 is 27.6 Å². The Bertz CT molecular complexity index is 1880. The van der Waals surface area contributed by atoms with Crippen LogP contribution in [-0.2, 0) is 10.1 Å². The highest BCUT2D eigenvalue weighted by atomic mass is 32.2. The summed E-state index contributed by atoms with van der Waals surface area (Å²) in [6, 6.07) is 21.4. The van der Waals surface area contributed by atoms with Gasteiger partial charge in [0.1, 0.15) is 34.7 Å². The van der Waals surface area contributed by atoms with E-state index in [0.717, 1.165) is 27.9 Å². The average molecular weight is 573 g/mol. The molecule has 41 heavy (non-hydrogen) atoms. The number of hydrogen-bond donors (Lipinski definition) is 3. The number of rotatable bonds is 8. The summed E-state index contributed by atoms with van der Waals surface area (Å²) in [5, 5.41) is 24.0. The number of aliphatic hydroxyl groups is 2. The van der Waals surface area contributed by atoms with Crippen molar-refractivity contribution in [1.82, 2.24) is 4.58 Å². The number of fused-ring (bicyclic) bond motifs is 2. The predicted molar refractivity (Wildman–Crippen MR) is 159 cm³/mol. The zero-order valence-corrected chi connectivity index (χ0v) is 24.0. The molecule has 1 aliphatic carbocycles. The second-order valence-corrected chi connectivity index (χ2v) is 11.5. The molecular weight excluding hydrogens is 540 g/mol. The molecule has 0 amide bonds. The maximum atomic E-state index is 12.3. The maximum Gasteiger partial charge on any atom is 0.203 e. The summed E-state index contributed by atoms with van der Waals surface area (Å²) in [7, 11) is -4.77.